The fourth-order valence-corrected chi connectivity index (χ4v) is 3.69. The minimum absolute atomic E-state index is 0.0900. The van der Waals surface area contributed by atoms with Crippen LogP contribution in [0.5, 0.6) is 0 Å². The molecule has 0 unspecified atom stereocenters. The number of urea groups is 2. The first kappa shape index (κ1) is 17.5. The Morgan fingerprint density at radius 2 is 2.07 bits per heavy atom. The molecule has 1 aliphatic carbocycles. The van der Waals surface area contributed by atoms with E-state index >= 15 is 0 Å². The maximum atomic E-state index is 14.7. The smallest absolute Gasteiger partial charge is 0.330 e. The molecule has 0 bridgehead atoms. The van der Waals surface area contributed by atoms with Crippen LogP contribution < -0.4 is 10.6 Å². The quantitative estimate of drug-likeness (QED) is 0.697. The van der Waals surface area contributed by atoms with Crippen LogP contribution in [0, 0.1) is 5.82 Å². The third-order valence-corrected chi connectivity index (χ3v) is 5.33. The largest absolute Gasteiger partial charge is 0.362 e. The molecule has 1 saturated carbocycles. The maximum absolute atomic E-state index is 14.7. The highest BCUT2D eigenvalue weighted by atomic mass is 19.1. The molecular formula is C20H18FN5O3. The number of anilines is 2. The van der Waals surface area contributed by atoms with Crippen molar-refractivity contribution in [3.63, 3.8) is 0 Å². The number of H-pyrrole nitrogens is 1. The third-order valence-electron chi connectivity index (χ3n) is 5.33. The predicted molar refractivity (Wildman–Crippen MR) is 105 cm³/mol. The predicted octanol–water partition coefficient (Wildman–Crippen LogP) is 3.08. The van der Waals surface area contributed by atoms with Crippen molar-refractivity contribution < 1.29 is 18.8 Å². The molecule has 2 aromatic rings. The highest BCUT2D eigenvalue weighted by molar-refractivity contribution is 6.35. The summed E-state index contributed by atoms with van der Waals surface area (Å²) in [4.78, 5) is 42.9. The molecule has 1 saturated heterocycles. The molecule has 9 heteroatoms. The molecule has 0 radical (unpaired) electrons. The minimum atomic E-state index is -0.684. The van der Waals surface area contributed by atoms with Crippen molar-refractivity contribution >= 4 is 41.0 Å². The second-order valence-electron chi connectivity index (χ2n) is 7.30. The van der Waals surface area contributed by atoms with E-state index in [0.717, 1.165) is 17.7 Å². The van der Waals surface area contributed by atoms with Gasteiger partial charge in [-0.1, -0.05) is 0 Å². The van der Waals surface area contributed by atoms with E-state index in [4.69, 9.17) is 0 Å². The van der Waals surface area contributed by atoms with Crippen molar-refractivity contribution in [3.05, 3.63) is 47.5 Å². The number of aromatic nitrogens is 1. The molecule has 5 amide bonds. The van der Waals surface area contributed by atoms with E-state index in [1.165, 1.54) is 12.1 Å². The highest BCUT2D eigenvalue weighted by Gasteiger charge is 2.41. The number of halogens is 1. The number of carbonyl (C=O) groups is 3. The number of hydrogen-bond donors (Lipinski definition) is 3. The van der Waals surface area contributed by atoms with Crippen LogP contribution in [0.2, 0.25) is 0 Å². The molecule has 3 aliphatic rings. The summed E-state index contributed by atoms with van der Waals surface area (Å²) in [6.07, 6.45) is 5.27. The summed E-state index contributed by atoms with van der Waals surface area (Å²) in [7, 11) is 0. The summed E-state index contributed by atoms with van der Waals surface area (Å²) in [6, 6.07) is 5.36. The standard InChI is InChI=1S/C20H18FN5O3/c21-15-9-13-14(8-11-2-1-5-22-11)18(27)23-16(13)10-17(15)24-19(28)26-7-6-25(20(26)29)12-3-4-12/h1-2,5,8-10,12,22H,3-4,6-7H2,(H,23,27)(H,24,28). The number of rotatable bonds is 3. The van der Waals surface area contributed by atoms with Gasteiger partial charge in [-0.05, 0) is 43.2 Å². The molecule has 5 rings (SSSR count). The zero-order chi connectivity index (χ0) is 20.1. The lowest BCUT2D eigenvalue weighted by molar-refractivity contribution is -0.110. The fourth-order valence-electron chi connectivity index (χ4n) is 3.69. The van der Waals surface area contributed by atoms with Crippen molar-refractivity contribution in [2.24, 2.45) is 0 Å². The number of amides is 5. The van der Waals surface area contributed by atoms with Crippen molar-refractivity contribution in [2.45, 2.75) is 18.9 Å². The van der Waals surface area contributed by atoms with E-state index in [-0.39, 0.29) is 30.2 Å². The highest BCUT2D eigenvalue weighted by Crippen LogP contribution is 2.37. The summed E-state index contributed by atoms with van der Waals surface area (Å²) >= 11 is 0. The summed E-state index contributed by atoms with van der Waals surface area (Å²) in [6.45, 7) is 0.764. The monoisotopic (exact) mass is 395 g/mol. The Bertz CT molecular complexity index is 1060. The minimum Gasteiger partial charge on any atom is -0.362 e. The maximum Gasteiger partial charge on any atom is 0.330 e. The Kier molecular flexibility index (Phi) is 3.90. The van der Waals surface area contributed by atoms with Gasteiger partial charge in [0.05, 0.1) is 16.9 Å². The van der Waals surface area contributed by atoms with Crippen molar-refractivity contribution in [2.75, 3.05) is 23.7 Å². The lowest BCUT2D eigenvalue weighted by atomic mass is 10.1. The number of nitrogens with one attached hydrogen (secondary N) is 3. The molecule has 3 N–H and O–H groups in total. The zero-order valence-corrected chi connectivity index (χ0v) is 15.4. The molecule has 2 aliphatic heterocycles. The van der Waals surface area contributed by atoms with Gasteiger partial charge in [-0.3, -0.25) is 4.79 Å². The van der Waals surface area contributed by atoms with Crippen LogP contribution in [-0.4, -0.2) is 51.9 Å². The van der Waals surface area contributed by atoms with E-state index in [2.05, 4.69) is 15.6 Å². The molecule has 3 heterocycles. The van der Waals surface area contributed by atoms with E-state index in [1.54, 1.807) is 29.3 Å². The third kappa shape index (κ3) is 3.04. The van der Waals surface area contributed by atoms with Crippen molar-refractivity contribution in [1.29, 1.82) is 0 Å². The number of imide groups is 1. The van der Waals surface area contributed by atoms with Gasteiger partial charge in [0, 0.05) is 36.6 Å². The van der Waals surface area contributed by atoms with Crippen molar-refractivity contribution in [3.8, 4) is 0 Å². The number of fused-ring (bicyclic) bond motifs is 1. The fraction of sp³-hybridized carbons (Fsp3) is 0.250. The topological polar surface area (TPSA) is 97.5 Å². The summed E-state index contributed by atoms with van der Waals surface area (Å²) in [5.41, 5.74) is 1.77. The van der Waals surface area contributed by atoms with Gasteiger partial charge < -0.3 is 20.5 Å². The molecule has 0 spiro atoms. The molecule has 1 aromatic heterocycles. The number of nitrogens with zero attached hydrogens (tertiary/aromatic N) is 2. The second kappa shape index (κ2) is 6.47. The molecule has 148 valence electrons. The van der Waals surface area contributed by atoms with Crippen molar-refractivity contribution in [1.82, 2.24) is 14.8 Å². The lowest BCUT2D eigenvalue weighted by Crippen LogP contribution is -2.39. The van der Waals surface area contributed by atoms with Crippen LogP contribution >= 0.6 is 0 Å². The Hall–Kier alpha value is -3.62. The van der Waals surface area contributed by atoms with Crippen LogP contribution in [0.3, 0.4) is 0 Å². The summed E-state index contributed by atoms with van der Waals surface area (Å²) in [5, 5.41) is 5.14. The first-order valence-corrected chi connectivity index (χ1v) is 9.41. The number of carbonyl (C=O) groups excluding carboxylic acids is 3. The van der Waals surface area contributed by atoms with Crippen LogP contribution in [0.1, 0.15) is 24.1 Å². The van der Waals surface area contributed by atoms with Gasteiger partial charge in [0.15, 0.2) is 0 Å². The summed E-state index contributed by atoms with van der Waals surface area (Å²) in [5.74, 6) is -1.04. The van der Waals surface area contributed by atoms with E-state index in [9.17, 15) is 18.8 Å². The average molecular weight is 395 g/mol. The molecule has 2 fully saturated rings. The Morgan fingerprint density at radius 3 is 2.79 bits per heavy atom. The van der Waals surface area contributed by atoms with Crippen LogP contribution in [0.4, 0.5) is 25.4 Å². The molecule has 29 heavy (non-hydrogen) atoms. The Morgan fingerprint density at radius 1 is 1.24 bits per heavy atom. The van der Waals surface area contributed by atoms with E-state index in [1.807, 2.05) is 0 Å². The summed E-state index contributed by atoms with van der Waals surface area (Å²) < 4.78 is 14.7. The lowest BCUT2D eigenvalue weighted by Gasteiger charge is -2.18. The van der Waals surface area contributed by atoms with Gasteiger partial charge in [0.2, 0.25) is 0 Å². The Balaban J connectivity index is 1.38. The molecule has 8 nitrogen and oxygen atoms in total. The van der Waals surface area contributed by atoms with Gasteiger partial charge in [-0.25, -0.2) is 18.9 Å². The van der Waals surface area contributed by atoms with Gasteiger partial charge in [-0.15, -0.1) is 0 Å². The van der Waals surface area contributed by atoms with Gasteiger partial charge in [0.1, 0.15) is 5.82 Å². The first-order valence-electron chi connectivity index (χ1n) is 9.41. The number of benzene rings is 1. The first-order chi connectivity index (χ1) is 14.0. The number of hydrogen-bond acceptors (Lipinski definition) is 3. The normalized spacial score (nSPS) is 19.7. The van der Waals surface area contributed by atoms with Crippen LogP contribution in [-0.2, 0) is 4.79 Å². The van der Waals surface area contributed by atoms with Gasteiger partial charge in [-0.2, -0.15) is 0 Å². The average Bonchev–Trinajstić information content (AvgIpc) is 3.12. The van der Waals surface area contributed by atoms with Gasteiger partial charge >= 0.3 is 12.1 Å². The Labute approximate surface area is 165 Å². The SMILES string of the molecule is O=C1Nc2cc(NC(=O)N3CCN(C4CC4)C3=O)c(F)cc2C1=Cc1ccc[nH]1. The zero-order valence-electron chi connectivity index (χ0n) is 15.4. The van der Waals surface area contributed by atoms with Crippen LogP contribution in [0.15, 0.2) is 30.5 Å². The molecular weight excluding hydrogens is 377 g/mol. The van der Waals surface area contributed by atoms with E-state index < -0.39 is 11.8 Å². The second-order valence-corrected chi connectivity index (χ2v) is 7.30. The molecule has 0 atom stereocenters. The van der Waals surface area contributed by atoms with Crippen LogP contribution in [0.25, 0.3) is 11.6 Å². The van der Waals surface area contributed by atoms with Gasteiger partial charge in [0.25, 0.3) is 5.91 Å². The van der Waals surface area contributed by atoms with E-state index in [0.29, 0.717) is 29.1 Å². The number of aromatic amines is 1. The molecule has 1 aromatic carbocycles.